The van der Waals surface area contributed by atoms with Crippen molar-refractivity contribution >= 4 is 34.2 Å². The van der Waals surface area contributed by atoms with Gasteiger partial charge in [0.1, 0.15) is 11.3 Å². The van der Waals surface area contributed by atoms with Gasteiger partial charge in [-0.15, -0.1) is 0 Å². The lowest BCUT2D eigenvalue weighted by Crippen LogP contribution is -2.48. The van der Waals surface area contributed by atoms with Gasteiger partial charge in [-0.2, -0.15) is 0 Å². The lowest BCUT2D eigenvalue weighted by molar-refractivity contribution is -0.116. The number of unbranched alkanes of at least 4 members (excludes halogenated alkanes) is 1. The third kappa shape index (κ3) is 4.17. The molecule has 3 aromatic rings. The van der Waals surface area contributed by atoms with Crippen molar-refractivity contribution in [3.05, 3.63) is 60.4 Å². The molecule has 0 saturated carbocycles. The maximum absolute atomic E-state index is 13.3. The summed E-state index contributed by atoms with van der Waals surface area (Å²) in [4.78, 5) is 29.7. The summed E-state index contributed by atoms with van der Waals surface area (Å²) >= 11 is 0. The van der Waals surface area contributed by atoms with Crippen LogP contribution in [-0.4, -0.2) is 42.9 Å². The quantitative estimate of drug-likeness (QED) is 0.655. The van der Waals surface area contributed by atoms with Crippen molar-refractivity contribution < 1.29 is 14.0 Å². The second kappa shape index (κ2) is 9.03. The van der Waals surface area contributed by atoms with Crippen molar-refractivity contribution in [3.63, 3.8) is 0 Å². The normalized spacial score (nSPS) is 14.2. The summed E-state index contributed by atoms with van der Waals surface area (Å²) in [6, 6.07) is 17.7. The zero-order valence-corrected chi connectivity index (χ0v) is 17.3. The van der Waals surface area contributed by atoms with Crippen molar-refractivity contribution in [2.75, 3.05) is 36.4 Å². The monoisotopic (exact) mass is 405 g/mol. The number of carbonyl (C=O) groups is 2. The van der Waals surface area contributed by atoms with Gasteiger partial charge in [-0.1, -0.05) is 43.7 Å². The van der Waals surface area contributed by atoms with Crippen LogP contribution in [0.25, 0.3) is 11.0 Å². The van der Waals surface area contributed by atoms with Crippen molar-refractivity contribution in [2.45, 2.75) is 26.2 Å². The number of furan rings is 1. The molecule has 1 fully saturated rings. The zero-order chi connectivity index (χ0) is 20.9. The molecule has 0 atom stereocenters. The summed E-state index contributed by atoms with van der Waals surface area (Å²) in [6.45, 7) is 4.77. The molecule has 0 unspecified atom stereocenters. The summed E-state index contributed by atoms with van der Waals surface area (Å²) in [5, 5.41) is 3.69. The van der Waals surface area contributed by atoms with Crippen LogP contribution >= 0.6 is 0 Å². The van der Waals surface area contributed by atoms with Gasteiger partial charge in [0.05, 0.1) is 0 Å². The third-order valence-electron chi connectivity index (χ3n) is 5.50. The number of fused-ring (bicyclic) bond motifs is 1. The first kappa shape index (κ1) is 20.0. The fourth-order valence-electron chi connectivity index (χ4n) is 3.81. The first-order chi connectivity index (χ1) is 14.7. The van der Waals surface area contributed by atoms with Crippen LogP contribution in [0, 0.1) is 0 Å². The second-order valence-corrected chi connectivity index (χ2v) is 7.57. The van der Waals surface area contributed by atoms with Crippen molar-refractivity contribution in [3.8, 4) is 0 Å². The lowest BCUT2D eigenvalue weighted by Gasteiger charge is -2.35. The summed E-state index contributed by atoms with van der Waals surface area (Å²) in [5.41, 5.74) is 2.26. The van der Waals surface area contributed by atoms with Gasteiger partial charge >= 0.3 is 0 Å². The number of amides is 2. The minimum absolute atomic E-state index is 0.0913. The molecule has 1 aliphatic heterocycles. The Hall–Kier alpha value is -3.28. The number of anilines is 2. The van der Waals surface area contributed by atoms with E-state index in [0.29, 0.717) is 30.8 Å². The van der Waals surface area contributed by atoms with Crippen LogP contribution < -0.4 is 10.2 Å². The van der Waals surface area contributed by atoms with Gasteiger partial charge in [0, 0.05) is 43.7 Å². The number of hydrogen-bond donors (Lipinski definition) is 1. The summed E-state index contributed by atoms with van der Waals surface area (Å²) in [7, 11) is 0. The van der Waals surface area contributed by atoms with Gasteiger partial charge in [0.15, 0.2) is 0 Å². The first-order valence-electron chi connectivity index (χ1n) is 10.6. The molecule has 2 heterocycles. The van der Waals surface area contributed by atoms with Crippen LogP contribution in [0.15, 0.2) is 59.0 Å². The third-order valence-corrected chi connectivity index (χ3v) is 5.50. The van der Waals surface area contributed by atoms with Crippen molar-refractivity contribution in [2.24, 2.45) is 0 Å². The summed E-state index contributed by atoms with van der Waals surface area (Å²) in [6.07, 6.45) is 2.18. The molecular weight excluding hydrogens is 378 g/mol. The predicted octanol–water partition coefficient (Wildman–Crippen LogP) is 4.52. The van der Waals surface area contributed by atoms with E-state index in [1.807, 2.05) is 49.4 Å². The Morgan fingerprint density at radius 1 is 0.967 bits per heavy atom. The van der Waals surface area contributed by atoms with Crippen LogP contribution in [0.1, 0.15) is 36.7 Å². The lowest BCUT2D eigenvalue weighted by atomic mass is 10.2. The molecule has 2 aromatic carbocycles. The van der Waals surface area contributed by atoms with Gasteiger partial charge in [-0.25, -0.2) is 0 Å². The molecule has 0 bridgehead atoms. The van der Waals surface area contributed by atoms with Gasteiger partial charge < -0.3 is 19.5 Å². The highest BCUT2D eigenvalue weighted by atomic mass is 16.3. The van der Waals surface area contributed by atoms with E-state index in [1.54, 1.807) is 4.90 Å². The van der Waals surface area contributed by atoms with Crippen LogP contribution in [0.3, 0.4) is 0 Å². The number of nitrogens with zero attached hydrogens (tertiary/aromatic N) is 2. The van der Waals surface area contributed by atoms with E-state index >= 15 is 0 Å². The fourth-order valence-corrected chi connectivity index (χ4v) is 3.81. The molecule has 30 heavy (non-hydrogen) atoms. The molecule has 156 valence electrons. The van der Waals surface area contributed by atoms with Gasteiger partial charge in [0.25, 0.3) is 5.91 Å². The van der Waals surface area contributed by atoms with Gasteiger partial charge in [0.2, 0.25) is 11.7 Å². The maximum atomic E-state index is 13.3. The molecule has 1 saturated heterocycles. The van der Waals surface area contributed by atoms with Gasteiger partial charge in [-0.3, -0.25) is 9.59 Å². The molecular formula is C24H27N3O3. The number of nitrogens with one attached hydrogen (secondary N) is 1. The maximum Gasteiger partial charge on any atom is 0.291 e. The molecule has 0 aliphatic carbocycles. The van der Waals surface area contributed by atoms with E-state index in [1.165, 1.54) is 0 Å². The standard InChI is InChI=1S/C24H27N3O3/c1-2-3-13-21(28)25-22-19-11-7-8-12-20(19)30-23(22)24(29)27-16-14-26(15-17-27)18-9-5-4-6-10-18/h4-12H,2-3,13-17H2,1H3,(H,25,28). The largest absolute Gasteiger partial charge is 0.449 e. The average Bonchev–Trinajstić information content (AvgIpc) is 3.16. The number of benzene rings is 2. The Balaban J connectivity index is 1.53. The van der Waals surface area contributed by atoms with Crippen LogP contribution in [-0.2, 0) is 4.79 Å². The zero-order valence-electron chi connectivity index (χ0n) is 17.3. The highest BCUT2D eigenvalue weighted by Crippen LogP contribution is 2.32. The molecule has 1 N–H and O–H groups in total. The van der Waals surface area contributed by atoms with Crippen LogP contribution in [0.2, 0.25) is 0 Å². The van der Waals surface area contributed by atoms with Crippen LogP contribution in [0.5, 0.6) is 0 Å². The minimum Gasteiger partial charge on any atom is -0.449 e. The molecule has 6 heteroatoms. The Morgan fingerprint density at radius 3 is 2.40 bits per heavy atom. The van der Waals surface area contributed by atoms with E-state index < -0.39 is 0 Å². The predicted molar refractivity (Wildman–Crippen MR) is 119 cm³/mol. The summed E-state index contributed by atoms with van der Waals surface area (Å²) < 4.78 is 5.91. The van der Waals surface area contributed by atoms with E-state index in [4.69, 9.17) is 4.42 Å². The molecule has 4 rings (SSSR count). The molecule has 2 amide bonds. The highest BCUT2D eigenvalue weighted by molar-refractivity contribution is 6.10. The van der Waals surface area contributed by atoms with E-state index in [-0.39, 0.29) is 17.6 Å². The Morgan fingerprint density at radius 2 is 1.67 bits per heavy atom. The van der Waals surface area contributed by atoms with Crippen LogP contribution in [0.4, 0.5) is 11.4 Å². The highest BCUT2D eigenvalue weighted by Gasteiger charge is 2.28. The number of hydrogen-bond acceptors (Lipinski definition) is 4. The first-order valence-corrected chi connectivity index (χ1v) is 10.6. The van der Waals surface area contributed by atoms with E-state index in [2.05, 4.69) is 22.3 Å². The molecule has 0 spiro atoms. The fraction of sp³-hybridized carbons (Fsp3) is 0.333. The second-order valence-electron chi connectivity index (χ2n) is 7.57. The smallest absolute Gasteiger partial charge is 0.291 e. The minimum atomic E-state index is -0.176. The molecule has 1 aromatic heterocycles. The van der Waals surface area contributed by atoms with E-state index in [0.717, 1.165) is 37.0 Å². The molecule has 0 radical (unpaired) electrons. The van der Waals surface area contributed by atoms with E-state index in [9.17, 15) is 9.59 Å². The Labute approximate surface area is 176 Å². The number of carbonyl (C=O) groups excluding carboxylic acids is 2. The van der Waals surface area contributed by atoms with Gasteiger partial charge in [-0.05, 0) is 30.7 Å². The summed E-state index contributed by atoms with van der Waals surface area (Å²) in [5.74, 6) is -0.0507. The molecule has 1 aliphatic rings. The Kier molecular flexibility index (Phi) is 6.02. The average molecular weight is 405 g/mol. The SMILES string of the molecule is CCCCC(=O)Nc1c(C(=O)N2CCN(c3ccccc3)CC2)oc2ccccc12. The van der Waals surface area contributed by atoms with Crippen molar-refractivity contribution in [1.29, 1.82) is 0 Å². The number of rotatable bonds is 6. The number of para-hydroxylation sites is 2. The Bertz CT molecular complexity index is 1020. The topological polar surface area (TPSA) is 65.8 Å². The molecule has 6 nitrogen and oxygen atoms in total. The van der Waals surface area contributed by atoms with Crippen molar-refractivity contribution in [1.82, 2.24) is 4.90 Å². The number of piperazine rings is 1.